The number of benzene rings is 1. The summed E-state index contributed by atoms with van der Waals surface area (Å²) in [6.07, 6.45) is 0. The van der Waals surface area contributed by atoms with Crippen LogP contribution in [0.25, 0.3) is 0 Å². The molecule has 0 saturated carbocycles. The number of methoxy groups -OCH3 is 1. The molecule has 78 valence electrons. The largest absolute Gasteiger partial charge is 0.491 e. The maximum absolute atomic E-state index is 5.52. The van der Waals surface area contributed by atoms with Gasteiger partial charge in [0.15, 0.2) is 0 Å². The second-order valence-corrected chi connectivity index (χ2v) is 4.01. The Bertz CT molecular complexity index is 287. The summed E-state index contributed by atoms with van der Waals surface area (Å²) in [5, 5.41) is 0. The van der Waals surface area contributed by atoms with Gasteiger partial charge in [0.05, 0.1) is 6.61 Å². The highest BCUT2D eigenvalue weighted by molar-refractivity contribution is 9.10. The lowest BCUT2D eigenvalue weighted by Gasteiger charge is -2.09. The molecule has 1 aromatic carbocycles. The second kappa shape index (κ2) is 5.37. The van der Waals surface area contributed by atoms with Gasteiger partial charge in [-0.2, -0.15) is 0 Å². The molecule has 0 saturated heterocycles. The minimum Gasteiger partial charge on any atom is -0.491 e. The van der Waals surface area contributed by atoms with Crippen molar-refractivity contribution in [1.82, 2.24) is 0 Å². The van der Waals surface area contributed by atoms with E-state index in [1.165, 1.54) is 11.1 Å². The number of ether oxygens (including phenoxy) is 2. The van der Waals surface area contributed by atoms with Crippen LogP contribution in [0.4, 0.5) is 0 Å². The first kappa shape index (κ1) is 11.5. The van der Waals surface area contributed by atoms with E-state index in [2.05, 4.69) is 29.8 Å². The molecule has 2 nitrogen and oxygen atoms in total. The van der Waals surface area contributed by atoms with Crippen LogP contribution in [0.1, 0.15) is 11.1 Å². The van der Waals surface area contributed by atoms with E-state index in [1.54, 1.807) is 7.11 Å². The molecule has 1 aromatic rings. The van der Waals surface area contributed by atoms with Crippen LogP contribution in [0.3, 0.4) is 0 Å². The summed E-state index contributed by atoms with van der Waals surface area (Å²) in [5.74, 6) is 0.903. The van der Waals surface area contributed by atoms with Crippen molar-refractivity contribution in [2.24, 2.45) is 0 Å². The molecular weight excluding hydrogens is 244 g/mol. The topological polar surface area (TPSA) is 18.5 Å². The zero-order valence-electron chi connectivity index (χ0n) is 8.76. The number of hydrogen-bond donors (Lipinski definition) is 0. The van der Waals surface area contributed by atoms with Crippen molar-refractivity contribution in [3.63, 3.8) is 0 Å². The fourth-order valence-corrected chi connectivity index (χ4v) is 1.46. The van der Waals surface area contributed by atoms with Crippen LogP contribution in [0.2, 0.25) is 0 Å². The molecule has 0 aliphatic carbocycles. The molecule has 0 radical (unpaired) electrons. The Hall–Kier alpha value is -0.540. The Labute approximate surface area is 93.4 Å². The van der Waals surface area contributed by atoms with E-state index >= 15 is 0 Å². The van der Waals surface area contributed by atoms with Gasteiger partial charge in [0.25, 0.3) is 0 Å². The van der Waals surface area contributed by atoms with Crippen molar-refractivity contribution in [2.45, 2.75) is 13.8 Å². The standard InChI is InChI=1S/C11H15BrO2/c1-8-6-10(14-5-4-13-3)7-9(2)11(8)12/h6-7H,4-5H2,1-3H3. The average Bonchev–Trinajstić information content (AvgIpc) is 2.14. The van der Waals surface area contributed by atoms with Crippen molar-refractivity contribution in [1.29, 1.82) is 0 Å². The lowest BCUT2D eigenvalue weighted by atomic mass is 10.1. The zero-order chi connectivity index (χ0) is 10.6. The van der Waals surface area contributed by atoms with E-state index < -0.39 is 0 Å². The first-order valence-electron chi connectivity index (χ1n) is 4.53. The van der Waals surface area contributed by atoms with Crippen LogP contribution in [0, 0.1) is 13.8 Å². The highest BCUT2D eigenvalue weighted by Crippen LogP contribution is 2.26. The highest BCUT2D eigenvalue weighted by atomic mass is 79.9. The molecule has 0 aliphatic rings. The summed E-state index contributed by atoms with van der Waals surface area (Å²) in [7, 11) is 1.67. The molecule has 0 N–H and O–H groups in total. The first-order chi connectivity index (χ1) is 6.65. The third kappa shape index (κ3) is 3.00. The normalized spacial score (nSPS) is 10.3. The molecule has 0 spiro atoms. The summed E-state index contributed by atoms with van der Waals surface area (Å²) in [6, 6.07) is 4.04. The summed E-state index contributed by atoms with van der Waals surface area (Å²) >= 11 is 3.51. The van der Waals surface area contributed by atoms with Crippen molar-refractivity contribution in [3.05, 3.63) is 27.7 Å². The Morgan fingerprint density at radius 3 is 2.21 bits per heavy atom. The Balaban J connectivity index is 2.69. The summed E-state index contributed by atoms with van der Waals surface area (Å²) in [5.41, 5.74) is 2.38. The van der Waals surface area contributed by atoms with Gasteiger partial charge in [0.1, 0.15) is 12.4 Å². The number of hydrogen-bond acceptors (Lipinski definition) is 2. The monoisotopic (exact) mass is 258 g/mol. The van der Waals surface area contributed by atoms with Gasteiger partial charge in [-0.3, -0.25) is 0 Å². The van der Waals surface area contributed by atoms with Crippen LogP contribution in [0.15, 0.2) is 16.6 Å². The summed E-state index contributed by atoms with van der Waals surface area (Å²) in [6.45, 7) is 5.33. The molecule has 0 bridgehead atoms. The minimum atomic E-state index is 0.594. The fraction of sp³-hybridized carbons (Fsp3) is 0.455. The molecule has 0 amide bonds. The fourth-order valence-electron chi connectivity index (χ4n) is 1.23. The van der Waals surface area contributed by atoms with Crippen molar-refractivity contribution in [2.75, 3.05) is 20.3 Å². The predicted octanol–water partition coefficient (Wildman–Crippen LogP) is 3.09. The SMILES string of the molecule is COCCOc1cc(C)c(Br)c(C)c1. The van der Waals surface area contributed by atoms with E-state index in [4.69, 9.17) is 9.47 Å². The minimum absolute atomic E-state index is 0.594. The summed E-state index contributed by atoms with van der Waals surface area (Å²) in [4.78, 5) is 0. The van der Waals surface area contributed by atoms with Crippen LogP contribution in [-0.4, -0.2) is 20.3 Å². The van der Waals surface area contributed by atoms with Gasteiger partial charge in [-0.25, -0.2) is 0 Å². The van der Waals surface area contributed by atoms with Gasteiger partial charge in [0, 0.05) is 11.6 Å². The van der Waals surface area contributed by atoms with Crippen molar-refractivity contribution < 1.29 is 9.47 Å². The molecule has 14 heavy (non-hydrogen) atoms. The van der Waals surface area contributed by atoms with E-state index in [0.29, 0.717) is 13.2 Å². The Kier molecular flexibility index (Phi) is 4.42. The van der Waals surface area contributed by atoms with Crippen LogP contribution < -0.4 is 4.74 Å². The number of aryl methyl sites for hydroxylation is 2. The maximum Gasteiger partial charge on any atom is 0.120 e. The van der Waals surface area contributed by atoms with Crippen LogP contribution >= 0.6 is 15.9 Å². The molecule has 0 aromatic heterocycles. The molecule has 0 aliphatic heterocycles. The second-order valence-electron chi connectivity index (χ2n) is 3.21. The average molecular weight is 259 g/mol. The van der Waals surface area contributed by atoms with E-state index in [0.717, 1.165) is 10.2 Å². The molecule has 0 unspecified atom stereocenters. The number of halogens is 1. The van der Waals surface area contributed by atoms with Crippen LogP contribution in [0.5, 0.6) is 5.75 Å². The van der Waals surface area contributed by atoms with Crippen molar-refractivity contribution >= 4 is 15.9 Å². The molecule has 0 fully saturated rings. The van der Waals surface area contributed by atoms with E-state index in [9.17, 15) is 0 Å². The molecule has 1 rings (SSSR count). The number of rotatable bonds is 4. The lowest BCUT2D eigenvalue weighted by Crippen LogP contribution is -2.04. The summed E-state index contributed by atoms with van der Waals surface area (Å²) < 4.78 is 11.6. The lowest BCUT2D eigenvalue weighted by molar-refractivity contribution is 0.146. The van der Waals surface area contributed by atoms with Gasteiger partial charge in [-0.15, -0.1) is 0 Å². The quantitative estimate of drug-likeness (QED) is 0.773. The molecule has 0 heterocycles. The predicted molar refractivity (Wildman–Crippen MR) is 61.0 cm³/mol. The first-order valence-corrected chi connectivity index (χ1v) is 5.33. The van der Waals surface area contributed by atoms with Gasteiger partial charge >= 0.3 is 0 Å². The van der Waals surface area contributed by atoms with Gasteiger partial charge in [-0.05, 0) is 37.1 Å². The van der Waals surface area contributed by atoms with Gasteiger partial charge in [0.2, 0.25) is 0 Å². The van der Waals surface area contributed by atoms with Gasteiger partial charge in [-0.1, -0.05) is 15.9 Å². The van der Waals surface area contributed by atoms with E-state index in [1.807, 2.05) is 12.1 Å². The van der Waals surface area contributed by atoms with Gasteiger partial charge < -0.3 is 9.47 Å². The maximum atomic E-state index is 5.52. The smallest absolute Gasteiger partial charge is 0.120 e. The molecule has 3 heteroatoms. The highest BCUT2D eigenvalue weighted by Gasteiger charge is 2.02. The molecular formula is C11H15BrO2. The zero-order valence-corrected chi connectivity index (χ0v) is 10.3. The third-order valence-electron chi connectivity index (χ3n) is 1.97. The Morgan fingerprint density at radius 1 is 1.14 bits per heavy atom. The van der Waals surface area contributed by atoms with Crippen molar-refractivity contribution in [3.8, 4) is 5.75 Å². The van der Waals surface area contributed by atoms with E-state index in [-0.39, 0.29) is 0 Å². The Morgan fingerprint density at radius 2 is 1.71 bits per heavy atom. The third-order valence-corrected chi connectivity index (χ3v) is 3.22. The van der Waals surface area contributed by atoms with Crippen LogP contribution in [-0.2, 0) is 4.74 Å². The molecule has 0 atom stereocenters.